The van der Waals surface area contributed by atoms with Crippen molar-refractivity contribution in [1.82, 2.24) is 15.0 Å². The molecule has 0 radical (unpaired) electrons. The first-order valence-corrected chi connectivity index (χ1v) is 6.50. The molecule has 108 valence electrons. The molecule has 0 spiro atoms. The number of nitrogens with zero attached hydrogens (tertiary/aromatic N) is 3. The quantitative estimate of drug-likeness (QED) is 0.748. The maximum absolute atomic E-state index is 5.91. The van der Waals surface area contributed by atoms with Crippen LogP contribution in [0, 0.1) is 6.92 Å². The number of anilines is 1. The van der Waals surface area contributed by atoms with E-state index in [1.54, 1.807) is 17.9 Å². The summed E-state index contributed by atoms with van der Waals surface area (Å²) in [5.74, 6) is 2.06. The Kier molecular flexibility index (Phi) is 3.13. The predicted octanol–water partition coefficient (Wildman–Crippen LogP) is 2.66. The van der Waals surface area contributed by atoms with Crippen LogP contribution in [0.15, 0.2) is 30.3 Å². The minimum atomic E-state index is 0.646. The summed E-state index contributed by atoms with van der Waals surface area (Å²) in [6.45, 7) is 1.95. The van der Waals surface area contributed by atoms with Gasteiger partial charge in [-0.1, -0.05) is 5.21 Å². The Bertz CT molecular complexity index is 811. The van der Waals surface area contributed by atoms with Gasteiger partial charge in [-0.05, 0) is 30.7 Å². The Morgan fingerprint density at radius 3 is 2.67 bits per heavy atom. The third-order valence-corrected chi connectivity index (χ3v) is 3.29. The van der Waals surface area contributed by atoms with E-state index in [9.17, 15) is 0 Å². The molecule has 3 rings (SSSR count). The fourth-order valence-corrected chi connectivity index (χ4v) is 2.26. The van der Waals surface area contributed by atoms with Crippen molar-refractivity contribution in [3.63, 3.8) is 0 Å². The van der Waals surface area contributed by atoms with Gasteiger partial charge in [-0.25, -0.2) is 4.68 Å². The molecule has 0 amide bonds. The van der Waals surface area contributed by atoms with E-state index < -0.39 is 0 Å². The highest BCUT2D eigenvalue weighted by Gasteiger charge is 2.12. The number of hydrogen-bond acceptors (Lipinski definition) is 5. The average Bonchev–Trinajstić information content (AvgIpc) is 2.83. The average molecular weight is 284 g/mol. The van der Waals surface area contributed by atoms with Crippen molar-refractivity contribution in [1.29, 1.82) is 0 Å². The smallest absolute Gasteiger partial charge is 0.150 e. The second-order valence-electron chi connectivity index (χ2n) is 4.83. The van der Waals surface area contributed by atoms with Crippen molar-refractivity contribution in [3.05, 3.63) is 35.9 Å². The number of aromatic nitrogens is 3. The van der Waals surface area contributed by atoms with Crippen LogP contribution in [0.5, 0.6) is 17.2 Å². The van der Waals surface area contributed by atoms with Crippen LogP contribution >= 0.6 is 0 Å². The zero-order valence-corrected chi connectivity index (χ0v) is 12.1. The summed E-state index contributed by atoms with van der Waals surface area (Å²) >= 11 is 0. The Labute approximate surface area is 122 Å². The molecule has 3 aromatic rings. The van der Waals surface area contributed by atoms with E-state index in [1.165, 1.54) is 0 Å². The third kappa shape index (κ3) is 2.35. The summed E-state index contributed by atoms with van der Waals surface area (Å²) in [5, 5.41) is 8.09. The highest BCUT2D eigenvalue weighted by molar-refractivity contribution is 5.83. The van der Waals surface area contributed by atoms with Crippen LogP contribution in [0.25, 0.3) is 11.0 Å². The normalized spacial score (nSPS) is 10.8. The van der Waals surface area contributed by atoms with E-state index in [0.717, 1.165) is 22.3 Å². The first-order chi connectivity index (χ1) is 10.1. The number of nitrogens with two attached hydrogens (primary N) is 1. The molecule has 0 atom stereocenters. The third-order valence-electron chi connectivity index (χ3n) is 3.29. The molecule has 0 aliphatic heterocycles. The molecule has 6 nitrogen and oxygen atoms in total. The first kappa shape index (κ1) is 13.2. The van der Waals surface area contributed by atoms with Crippen molar-refractivity contribution < 1.29 is 9.47 Å². The van der Waals surface area contributed by atoms with E-state index in [0.29, 0.717) is 17.2 Å². The van der Waals surface area contributed by atoms with Gasteiger partial charge < -0.3 is 15.2 Å². The summed E-state index contributed by atoms with van der Waals surface area (Å²) in [6.07, 6.45) is 0. The lowest BCUT2D eigenvalue weighted by molar-refractivity contribution is 0.411. The van der Waals surface area contributed by atoms with Gasteiger partial charge in [-0.15, -0.1) is 5.10 Å². The lowest BCUT2D eigenvalue weighted by Gasteiger charge is -2.11. The Morgan fingerprint density at radius 2 is 1.95 bits per heavy atom. The Morgan fingerprint density at radius 1 is 1.14 bits per heavy atom. The molecular weight excluding hydrogens is 268 g/mol. The van der Waals surface area contributed by atoms with E-state index in [1.807, 2.05) is 38.2 Å². The van der Waals surface area contributed by atoms with E-state index in [-0.39, 0.29) is 0 Å². The van der Waals surface area contributed by atoms with E-state index in [2.05, 4.69) is 10.3 Å². The van der Waals surface area contributed by atoms with Gasteiger partial charge in [0.15, 0.2) is 0 Å². The number of rotatable bonds is 3. The molecule has 0 saturated heterocycles. The molecule has 2 aromatic carbocycles. The second kappa shape index (κ2) is 4.97. The fraction of sp³-hybridized carbons (Fsp3) is 0.200. The number of aryl methyl sites for hydroxylation is 2. The van der Waals surface area contributed by atoms with Crippen LogP contribution in [0.3, 0.4) is 0 Å². The molecule has 2 N–H and O–H groups in total. The predicted molar refractivity (Wildman–Crippen MR) is 80.7 cm³/mol. The fourth-order valence-electron chi connectivity index (χ4n) is 2.26. The number of ether oxygens (including phenoxy) is 2. The highest BCUT2D eigenvalue weighted by atomic mass is 16.5. The number of hydrogen-bond donors (Lipinski definition) is 1. The lowest BCUT2D eigenvalue weighted by atomic mass is 10.2. The largest absolute Gasteiger partial charge is 0.494 e. The minimum Gasteiger partial charge on any atom is -0.494 e. The van der Waals surface area contributed by atoms with Gasteiger partial charge in [0.25, 0.3) is 0 Å². The molecular formula is C15H16N4O2. The van der Waals surface area contributed by atoms with Crippen molar-refractivity contribution in [3.8, 4) is 17.2 Å². The monoisotopic (exact) mass is 284 g/mol. The van der Waals surface area contributed by atoms with Gasteiger partial charge in [0, 0.05) is 24.9 Å². The first-order valence-electron chi connectivity index (χ1n) is 6.50. The van der Waals surface area contributed by atoms with Crippen molar-refractivity contribution in [2.24, 2.45) is 7.05 Å². The molecule has 21 heavy (non-hydrogen) atoms. The van der Waals surface area contributed by atoms with Crippen LogP contribution in [0.2, 0.25) is 0 Å². The topological polar surface area (TPSA) is 75.2 Å². The summed E-state index contributed by atoms with van der Waals surface area (Å²) in [4.78, 5) is 0. The Balaban J connectivity index is 2.04. The molecule has 0 fully saturated rings. The van der Waals surface area contributed by atoms with Crippen LogP contribution < -0.4 is 15.2 Å². The van der Waals surface area contributed by atoms with Crippen molar-refractivity contribution in [2.45, 2.75) is 6.92 Å². The molecule has 6 heteroatoms. The maximum Gasteiger partial charge on any atom is 0.150 e. The number of fused-ring (bicyclic) bond motifs is 1. The molecule has 1 heterocycles. The molecule has 0 unspecified atom stereocenters. The maximum atomic E-state index is 5.91. The van der Waals surface area contributed by atoms with Crippen LogP contribution in [-0.2, 0) is 7.05 Å². The van der Waals surface area contributed by atoms with Gasteiger partial charge >= 0.3 is 0 Å². The number of benzene rings is 2. The highest BCUT2D eigenvalue weighted by Crippen LogP contribution is 2.33. The molecule has 0 aliphatic rings. The van der Waals surface area contributed by atoms with E-state index in [4.69, 9.17) is 15.2 Å². The number of methoxy groups -OCH3 is 1. The standard InChI is InChI=1S/C15H16N4O2/c1-9-6-10(16)4-5-13(9)21-11-7-12-15(14(8-11)20-3)19(2)18-17-12/h4-8H,16H2,1-3H3. The summed E-state index contributed by atoms with van der Waals surface area (Å²) in [7, 11) is 3.43. The molecule has 0 saturated carbocycles. The van der Waals surface area contributed by atoms with Gasteiger partial charge in [0.05, 0.1) is 7.11 Å². The summed E-state index contributed by atoms with van der Waals surface area (Å²) < 4.78 is 13.0. The van der Waals surface area contributed by atoms with Crippen LogP contribution in [0.4, 0.5) is 5.69 Å². The number of nitrogen functional groups attached to an aromatic ring is 1. The molecule has 0 aliphatic carbocycles. The van der Waals surface area contributed by atoms with E-state index >= 15 is 0 Å². The lowest BCUT2D eigenvalue weighted by Crippen LogP contribution is -1.95. The SMILES string of the molecule is COc1cc(Oc2ccc(N)cc2C)cc2nnn(C)c12. The van der Waals surface area contributed by atoms with Crippen molar-refractivity contribution in [2.75, 3.05) is 12.8 Å². The van der Waals surface area contributed by atoms with Crippen LogP contribution in [0.1, 0.15) is 5.56 Å². The van der Waals surface area contributed by atoms with Gasteiger partial charge in [-0.3, -0.25) is 0 Å². The summed E-state index contributed by atoms with van der Waals surface area (Å²) in [5.41, 5.74) is 8.98. The van der Waals surface area contributed by atoms with Gasteiger partial charge in [-0.2, -0.15) is 0 Å². The van der Waals surface area contributed by atoms with Crippen molar-refractivity contribution >= 4 is 16.7 Å². The van der Waals surface area contributed by atoms with Crippen LogP contribution in [-0.4, -0.2) is 22.1 Å². The Hall–Kier alpha value is -2.76. The zero-order chi connectivity index (χ0) is 15.0. The van der Waals surface area contributed by atoms with Gasteiger partial charge in [0.1, 0.15) is 28.3 Å². The molecule has 1 aromatic heterocycles. The zero-order valence-electron chi connectivity index (χ0n) is 12.1. The summed E-state index contributed by atoms with van der Waals surface area (Å²) in [6, 6.07) is 9.17. The minimum absolute atomic E-state index is 0.646. The second-order valence-corrected chi connectivity index (χ2v) is 4.83. The van der Waals surface area contributed by atoms with Gasteiger partial charge in [0.2, 0.25) is 0 Å². The molecule has 0 bridgehead atoms.